The fourth-order valence-corrected chi connectivity index (χ4v) is 6.80. The maximum absolute atomic E-state index is 15.4. The highest BCUT2D eigenvalue weighted by Gasteiger charge is 2.25. The van der Waals surface area contributed by atoms with Crippen LogP contribution in [0.4, 0.5) is 15.9 Å². The van der Waals surface area contributed by atoms with E-state index in [0.717, 1.165) is 42.9 Å². The number of nitrogens with one attached hydrogen (secondary N) is 2. The quantitative estimate of drug-likeness (QED) is 0.191. The smallest absolute Gasteiger partial charge is 0.263 e. The first-order valence-corrected chi connectivity index (χ1v) is 15.6. The van der Waals surface area contributed by atoms with E-state index in [9.17, 15) is 8.42 Å². The number of halogens is 2. The minimum Gasteiger partial charge on any atom is -0.383 e. The number of rotatable bonds is 10. The molecule has 9 nitrogen and oxygen atoms in total. The SMILES string of the molecule is COCCN[C@H]1CC=C(c2cnc(N)c3c(-c4ccc(NS(=O)(=O)c5ccccc5Cl)c(F)c4)nc(C(C)C)n23)CC1. The van der Waals surface area contributed by atoms with Crippen LogP contribution in [0.5, 0.6) is 0 Å². The molecule has 1 aliphatic rings. The Morgan fingerprint density at radius 1 is 1.24 bits per heavy atom. The van der Waals surface area contributed by atoms with Gasteiger partial charge in [0, 0.05) is 31.2 Å². The molecule has 42 heavy (non-hydrogen) atoms. The molecule has 0 amide bonds. The summed E-state index contributed by atoms with van der Waals surface area (Å²) in [7, 11) is -2.42. The second-order valence-electron chi connectivity index (χ2n) is 10.6. The van der Waals surface area contributed by atoms with Gasteiger partial charge >= 0.3 is 0 Å². The van der Waals surface area contributed by atoms with E-state index in [1.807, 2.05) is 18.2 Å². The average Bonchev–Trinajstić information content (AvgIpc) is 3.37. The Morgan fingerprint density at radius 3 is 2.69 bits per heavy atom. The molecule has 4 N–H and O–H groups in total. The number of nitrogen functional groups attached to an aromatic ring is 1. The minimum atomic E-state index is -4.11. The molecule has 4 aromatic rings. The maximum Gasteiger partial charge on any atom is 0.263 e. The number of fused-ring (bicyclic) bond motifs is 1. The Bertz CT molecular complexity index is 1760. The van der Waals surface area contributed by atoms with Crippen molar-refractivity contribution in [3.63, 3.8) is 0 Å². The van der Waals surface area contributed by atoms with Gasteiger partial charge < -0.3 is 15.8 Å². The number of benzene rings is 2. The van der Waals surface area contributed by atoms with Crippen molar-refractivity contribution in [1.29, 1.82) is 0 Å². The first-order valence-electron chi connectivity index (χ1n) is 13.8. The number of allylic oxidation sites excluding steroid dienone is 1. The number of hydrogen-bond donors (Lipinski definition) is 3. The zero-order valence-corrected chi connectivity index (χ0v) is 25.3. The number of nitrogens with two attached hydrogens (primary N) is 1. The first kappa shape index (κ1) is 30.0. The van der Waals surface area contributed by atoms with Crippen LogP contribution in [-0.2, 0) is 14.8 Å². The Balaban J connectivity index is 1.52. The molecule has 0 spiro atoms. The van der Waals surface area contributed by atoms with Gasteiger partial charge in [-0.15, -0.1) is 0 Å². The average molecular weight is 613 g/mol. The second-order valence-corrected chi connectivity index (χ2v) is 12.6. The molecule has 0 unspecified atom stereocenters. The van der Waals surface area contributed by atoms with E-state index in [2.05, 4.69) is 21.1 Å². The predicted molar refractivity (Wildman–Crippen MR) is 165 cm³/mol. The number of ether oxygens (including phenoxy) is 1. The first-order chi connectivity index (χ1) is 20.1. The largest absolute Gasteiger partial charge is 0.383 e. The van der Waals surface area contributed by atoms with Gasteiger partial charge in [0.15, 0.2) is 0 Å². The van der Waals surface area contributed by atoms with Crippen molar-refractivity contribution in [2.75, 3.05) is 30.7 Å². The summed E-state index contributed by atoms with van der Waals surface area (Å²) in [6.45, 7) is 5.55. The monoisotopic (exact) mass is 612 g/mol. The third kappa shape index (κ3) is 6.00. The highest BCUT2D eigenvalue weighted by molar-refractivity contribution is 7.92. The van der Waals surface area contributed by atoms with Crippen molar-refractivity contribution < 1.29 is 17.5 Å². The topological polar surface area (TPSA) is 124 Å². The Hall–Kier alpha value is -3.51. The summed E-state index contributed by atoms with van der Waals surface area (Å²) in [6, 6.07) is 10.6. The van der Waals surface area contributed by atoms with Gasteiger partial charge in [-0.25, -0.2) is 22.8 Å². The maximum atomic E-state index is 15.4. The standard InChI is InChI=1S/C30H34ClFN6O3S/c1-18(2)30-36-27(20-10-13-24(23(32)16-20)37-42(39,40)26-7-5-4-6-22(26)31)28-29(33)35-17-25(38(28)30)19-8-11-21(12-9-19)34-14-15-41-3/h4-8,10,13,16-18,21,34,37H,9,11-12,14-15H2,1-3H3,(H2,33,35)/t21-/m0/s1. The van der Waals surface area contributed by atoms with Crippen molar-refractivity contribution in [3.05, 3.63) is 77.1 Å². The van der Waals surface area contributed by atoms with Crippen LogP contribution in [0.15, 0.2) is 59.6 Å². The molecule has 5 rings (SSSR count). The molecule has 0 saturated heterocycles. The molecular formula is C30H34ClFN6O3S. The van der Waals surface area contributed by atoms with Gasteiger partial charge in [0.2, 0.25) is 0 Å². The lowest BCUT2D eigenvalue weighted by Crippen LogP contribution is -2.32. The van der Waals surface area contributed by atoms with E-state index in [0.29, 0.717) is 29.4 Å². The molecule has 1 atom stereocenters. The Morgan fingerprint density at radius 2 is 2.02 bits per heavy atom. The summed E-state index contributed by atoms with van der Waals surface area (Å²) >= 11 is 6.07. The van der Waals surface area contributed by atoms with E-state index in [-0.39, 0.29) is 27.3 Å². The lowest BCUT2D eigenvalue weighted by molar-refractivity contribution is 0.195. The van der Waals surface area contributed by atoms with Crippen molar-refractivity contribution in [1.82, 2.24) is 19.7 Å². The van der Waals surface area contributed by atoms with Crippen LogP contribution in [0.1, 0.15) is 50.5 Å². The number of hydrogen-bond acceptors (Lipinski definition) is 7. The summed E-state index contributed by atoms with van der Waals surface area (Å²) in [5.74, 6) is 0.313. The van der Waals surface area contributed by atoms with E-state index in [4.69, 9.17) is 27.1 Å². The molecule has 2 heterocycles. The molecule has 222 valence electrons. The third-order valence-electron chi connectivity index (χ3n) is 7.32. The van der Waals surface area contributed by atoms with Gasteiger partial charge in [-0.3, -0.25) is 9.12 Å². The summed E-state index contributed by atoms with van der Waals surface area (Å²) in [5.41, 5.74) is 9.77. The highest BCUT2D eigenvalue weighted by atomic mass is 35.5. The van der Waals surface area contributed by atoms with E-state index < -0.39 is 15.8 Å². The molecular weight excluding hydrogens is 579 g/mol. The number of nitrogens with zero attached hydrogens (tertiary/aromatic N) is 3. The molecule has 0 radical (unpaired) electrons. The van der Waals surface area contributed by atoms with Crippen molar-refractivity contribution >= 4 is 44.2 Å². The number of methoxy groups -OCH3 is 1. The molecule has 2 aromatic heterocycles. The van der Waals surface area contributed by atoms with Gasteiger partial charge in [-0.2, -0.15) is 0 Å². The van der Waals surface area contributed by atoms with Crippen LogP contribution in [0, 0.1) is 5.82 Å². The van der Waals surface area contributed by atoms with Gasteiger partial charge in [0.1, 0.15) is 33.6 Å². The van der Waals surface area contributed by atoms with Gasteiger partial charge in [0.25, 0.3) is 10.0 Å². The Labute approximate surface area is 250 Å². The molecule has 0 saturated carbocycles. The minimum absolute atomic E-state index is 0.0333. The van der Waals surface area contributed by atoms with E-state index in [1.165, 1.54) is 24.3 Å². The third-order valence-corrected chi connectivity index (χ3v) is 9.19. The lowest BCUT2D eigenvalue weighted by Gasteiger charge is -2.24. The highest BCUT2D eigenvalue weighted by Crippen LogP contribution is 2.37. The van der Waals surface area contributed by atoms with Gasteiger partial charge in [-0.1, -0.05) is 49.7 Å². The number of anilines is 2. The van der Waals surface area contributed by atoms with Crippen molar-refractivity contribution in [2.24, 2.45) is 0 Å². The fraction of sp³-hybridized carbons (Fsp3) is 0.333. The van der Waals surface area contributed by atoms with Crippen LogP contribution in [-0.4, -0.2) is 49.1 Å². The van der Waals surface area contributed by atoms with Crippen LogP contribution in [0.2, 0.25) is 5.02 Å². The summed E-state index contributed by atoms with van der Waals surface area (Å²) in [4.78, 5) is 9.27. The summed E-state index contributed by atoms with van der Waals surface area (Å²) in [5, 5.41) is 3.56. The summed E-state index contributed by atoms with van der Waals surface area (Å²) < 4.78 is 50.6. The molecule has 0 bridgehead atoms. The van der Waals surface area contributed by atoms with Crippen LogP contribution in [0.25, 0.3) is 22.3 Å². The lowest BCUT2D eigenvalue weighted by atomic mass is 9.93. The van der Waals surface area contributed by atoms with Crippen LogP contribution in [0.3, 0.4) is 0 Å². The number of imidazole rings is 1. The van der Waals surface area contributed by atoms with Gasteiger partial charge in [0.05, 0.1) is 29.2 Å². The van der Waals surface area contributed by atoms with E-state index >= 15 is 4.39 Å². The van der Waals surface area contributed by atoms with Gasteiger partial charge in [-0.05, 0) is 49.1 Å². The molecule has 2 aromatic carbocycles. The van der Waals surface area contributed by atoms with Crippen molar-refractivity contribution in [3.8, 4) is 11.3 Å². The molecule has 0 aliphatic heterocycles. The predicted octanol–water partition coefficient (Wildman–Crippen LogP) is 5.87. The Kier molecular flexibility index (Phi) is 8.84. The van der Waals surface area contributed by atoms with Crippen LogP contribution < -0.4 is 15.8 Å². The van der Waals surface area contributed by atoms with Crippen molar-refractivity contribution in [2.45, 2.75) is 50.0 Å². The molecule has 1 aliphatic carbocycles. The van der Waals surface area contributed by atoms with E-state index in [1.54, 1.807) is 31.5 Å². The zero-order chi connectivity index (χ0) is 30.0. The number of sulfonamides is 1. The second kappa shape index (κ2) is 12.4. The zero-order valence-electron chi connectivity index (χ0n) is 23.7. The molecule has 0 fully saturated rings. The van der Waals surface area contributed by atoms with Crippen LogP contribution >= 0.6 is 11.6 Å². The number of aromatic nitrogens is 3. The molecule has 12 heteroatoms. The normalized spacial score (nSPS) is 15.8. The summed E-state index contributed by atoms with van der Waals surface area (Å²) in [6.07, 6.45) is 6.70. The fourth-order valence-electron chi connectivity index (χ4n) is 5.21.